The maximum absolute atomic E-state index is 10.3. The molecule has 1 heterocycles. The summed E-state index contributed by atoms with van der Waals surface area (Å²) in [6.45, 7) is 4.12. The second-order valence-electron chi connectivity index (χ2n) is 4.05. The van der Waals surface area contributed by atoms with E-state index in [2.05, 4.69) is 11.9 Å². The smallest absolute Gasteiger partial charge is 0.0939 e. The fourth-order valence-electron chi connectivity index (χ4n) is 2.02. The molecule has 1 aromatic rings. The molecule has 70 valence electrons. The van der Waals surface area contributed by atoms with E-state index in [4.69, 9.17) is 0 Å². The van der Waals surface area contributed by atoms with E-state index in [-0.39, 0.29) is 0 Å². The fourth-order valence-corrected chi connectivity index (χ4v) is 2.02. The van der Waals surface area contributed by atoms with Crippen LogP contribution in [0.2, 0.25) is 0 Å². The van der Waals surface area contributed by atoms with Crippen molar-refractivity contribution >= 4 is 0 Å². The van der Waals surface area contributed by atoms with Gasteiger partial charge in [0.2, 0.25) is 0 Å². The summed E-state index contributed by atoms with van der Waals surface area (Å²) in [5, 5.41) is 10.3. The Hall–Kier alpha value is -0.890. The molecule has 1 saturated carbocycles. The van der Waals surface area contributed by atoms with Gasteiger partial charge in [0.25, 0.3) is 0 Å². The number of pyridine rings is 1. The highest BCUT2D eigenvalue weighted by molar-refractivity contribution is 5.30. The van der Waals surface area contributed by atoms with Gasteiger partial charge in [-0.3, -0.25) is 4.98 Å². The van der Waals surface area contributed by atoms with Crippen LogP contribution in [-0.2, 0) is 5.60 Å². The van der Waals surface area contributed by atoms with Crippen LogP contribution in [0.3, 0.4) is 0 Å². The molecule has 2 heteroatoms. The Morgan fingerprint density at radius 1 is 1.62 bits per heavy atom. The van der Waals surface area contributed by atoms with E-state index in [0.717, 1.165) is 24.0 Å². The SMILES string of the molecule is Cc1ccncc1C1(O)CCC1C. The van der Waals surface area contributed by atoms with Crippen LogP contribution in [0.1, 0.15) is 30.9 Å². The maximum atomic E-state index is 10.3. The maximum Gasteiger partial charge on any atom is 0.0939 e. The van der Waals surface area contributed by atoms with Gasteiger partial charge in [-0.25, -0.2) is 0 Å². The summed E-state index contributed by atoms with van der Waals surface area (Å²) in [4.78, 5) is 4.07. The molecule has 13 heavy (non-hydrogen) atoms. The van der Waals surface area contributed by atoms with Crippen LogP contribution in [0.15, 0.2) is 18.5 Å². The Morgan fingerprint density at radius 3 is 2.85 bits per heavy atom. The molecule has 2 atom stereocenters. The third-order valence-corrected chi connectivity index (χ3v) is 3.28. The molecule has 0 radical (unpaired) electrons. The predicted octanol–water partition coefficient (Wildman–Crippen LogP) is 2.01. The molecule has 2 rings (SSSR count). The summed E-state index contributed by atoms with van der Waals surface area (Å²) in [6, 6.07) is 1.96. The van der Waals surface area contributed by atoms with E-state index in [1.807, 2.05) is 13.0 Å². The summed E-state index contributed by atoms with van der Waals surface area (Å²) < 4.78 is 0. The standard InChI is InChI=1S/C11H15NO/c1-8-4-6-12-7-10(8)11(13)5-3-9(11)2/h4,6-7,9,13H,3,5H2,1-2H3. The normalized spacial score (nSPS) is 32.7. The Labute approximate surface area is 78.6 Å². The summed E-state index contributed by atoms with van der Waals surface area (Å²) in [6.07, 6.45) is 5.56. The average molecular weight is 177 g/mol. The van der Waals surface area contributed by atoms with Crippen molar-refractivity contribution in [2.75, 3.05) is 0 Å². The number of rotatable bonds is 1. The van der Waals surface area contributed by atoms with Crippen LogP contribution < -0.4 is 0 Å². The number of aryl methyl sites for hydroxylation is 1. The van der Waals surface area contributed by atoms with Crippen molar-refractivity contribution in [3.8, 4) is 0 Å². The second kappa shape index (κ2) is 2.81. The number of hydrogen-bond acceptors (Lipinski definition) is 2. The van der Waals surface area contributed by atoms with Crippen molar-refractivity contribution < 1.29 is 5.11 Å². The first-order valence-electron chi connectivity index (χ1n) is 4.78. The lowest BCUT2D eigenvalue weighted by molar-refractivity contribution is -0.0937. The summed E-state index contributed by atoms with van der Waals surface area (Å²) in [7, 11) is 0. The molecule has 0 saturated heterocycles. The number of aromatic nitrogens is 1. The fraction of sp³-hybridized carbons (Fsp3) is 0.545. The van der Waals surface area contributed by atoms with E-state index >= 15 is 0 Å². The summed E-state index contributed by atoms with van der Waals surface area (Å²) in [5.41, 5.74) is 1.55. The van der Waals surface area contributed by atoms with E-state index in [1.165, 1.54) is 0 Å². The van der Waals surface area contributed by atoms with Crippen molar-refractivity contribution in [3.63, 3.8) is 0 Å². The van der Waals surface area contributed by atoms with E-state index in [9.17, 15) is 5.11 Å². The lowest BCUT2D eigenvalue weighted by Crippen LogP contribution is -2.43. The minimum Gasteiger partial charge on any atom is -0.385 e. The molecule has 1 N–H and O–H groups in total. The van der Waals surface area contributed by atoms with Gasteiger partial charge in [-0.05, 0) is 37.3 Å². The molecule has 2 unspecified atom stereocenters. The molecule has 0 spiro atoms. The van der Waals surface area contributed by atoms with Gasteiger partial charge in [0.05, 0.1) is 5.60 Å². The molecule has 1 fully saturated rings. The van der Waals surface area contributed by atoms with Gasteiger partial charge < -0.3 is 5.11 Å². The number of aliphatic hydroxyl groups is 1. The van der Waals surface area contributed by atoms with Crippen molar-refractivity contribution in [3.05, 3.63) is 29.6 Å². The van der Waals surface area contributed by atoms with Crippen molar-refractivity contribution in [1.82, 2.24) is 4.98 Å². The Morgan fingerprint density at radius 2 is 2.38 bits per heavy atom. The van der Waals surface area contributed by atoms with Crippen LogP contribution in [0, 0.1) is 12.8 Å². The van der Waals surface area contributed by atoms with Crippen molar-refractivity contribution in [2.45, 2.75) is 32.3 Å². The molecule has 1 aromatic heterocycles. The highest BCUT2D eigenvalue weighted by Crippen LogP contribution is 2.46. The Kier molecular flexibility index (Phi) is 1.88. The molecule has 0 bridgehead atoms. The van der Waals surface area contributed by atoms with Crippen LogP contribution in [0.4, 0.5) is 0 Å². The topological polar surface area (TPSA) is 33.1 Å². The Balaban J connectivity index is 2.40. The van der Waals surface area contributed by atoms with Gasteiger partial charge in [-0.2, -0.15) is 0 Å². The largest absolute Gasteiger partial charge is 0.385 e. The van der Waals surface area contributed by atoms with Crippen LogP contribution >= 0.6 is 0 Å². The quantitative estimate of drug-likeness (QED) is 0.711. The molecule has 0 aliphatic heterocycles. The summed E-state index contributed by atoms with van der Waals surface area (Å²) >= 11 is 0. The monoisotopic (exact) mass is 177 g/mol. The van der Waals surface area contributed by atoms with Crippen LogP contribution in [0.25, 0.3) is 0 Å². The van der Waals surface area contributed by atoms with Crippen LogP contribution in [-0.4, -0.2) is 10.1 Å². The zero-order chi connectivity index (χ0) is 9.47. The number of nitrogens with zero attached hydrogens (tertiary/aromatic N) is 1. The predicted molar refractivity (Wildman–Crippen MR) is 51.3 cm³/mol. The molecule has 1 aliphatic carbocycles. The Bertz CT molecular complexity index is 324. The third-order valence-electron chi connectivity index (χ3n) is 3.28. The molecular formula is C11H15NO. The van der Waals surface area contributed by atoms with E-state index in [1.54, 1.807) is 12.4 Å². The first kappa shape index (κ1) is 8.70. The first-order chi connectivity index (χ1) is 6.14. The highest BCUT2D eigenvalue weighted by Gasteiger charge is 2.44. The zero-order valence-corrected chi connectivity index (χ0v) is 8.12. The second-order valence-corrected chi connectivity index (χ2v) is 4.05. The molecule has 0 amide bonds. The van der Waals surface area contributed by atoms with E-state index in [0.29, 0.717) is 5.92 Å². The van der Waals surface area contributed by atoms with Gasteiger partial charge in [-0.15, -0.1) is 0 Å². The lowest BCUT2D eigenvalue weighted by Gasteiger charge is -2.44. The minimum absolute atomic E-state index is 0.371. The van der Waals surface area contributed by atoms with Gasteiger partial charge in [0.15, 0.2) is 0 Å². The summed E-state index contributed by atoms with van der Waals surface area (Å²) in [5.74, 6) is 0.371. The minimum atomic E-state index is -0.599. The highest BCUT2D eigenvalue weighted by atomic mass is 16.3. The molecular weight excluding hydrogens is 162 g/mol. The molecule has 2 nitrogen and oxygen atoms in total. The van der Waals surface area contributed by atoms with E-state index < -0.39 is 5.60 Å². The van der Waals surface area contributed by atoms with Gasteiger partial charge >= 0.3 is 0 Å². The van der Waals surface area contributed by atoms with Crippen molar-refractivity contribution in [2.24, 2.45) is 5.92 Å². The molecule has 0 aromatic carbocycles. The first-order valence-corrected chi connectivity index (χ1v) is 4.78. The molecule has 1 aliphatic rings. The lowest BCUT2D eigenvalue weighted by atomic mass is 9.66. The average Bonchev–Trinajstić information content (AvgIpc) is 2.15. The van der Waals surface area contributed by atoms with Crippen molar-refractivity contribution in [1.29, 1.82) is 0 Å². The number of hydrogen-bond donors (Lipinski definition) is 1. The third kappa shape index (κ3) is 1.17. The zero-order valence-electron chi connectivity index (χ0n) is 8.12. The van der Waals surface area contributed by atoms with Gasteiger partial charge in [-0.1, -0.05) is 6.92 Å². The van der Waals surface area contributed by atoms with Gasteiger partial charge in [0.1, 0.15) is 0 Å². The van der Waals surface area contributed by atoms with Gasteiger partial charge in [0, 0.05) is 18.0 Å². The van der Waals surface area contributed by atoms with Crippen LogP contribution in [0.5, 0.6) is 0 Å².